The summed E-state index contributed by atoms with van der Waals surface area (Å²) in [4.78, 5) is 28.3. The van der Waals surface area contributed by atoms with Crippen molar-refractivity contribution >= 4 is 35.2 Å². The van der Waals surface area contributed by atoms with E-state index in [9.17, 15) is 9.59 Å². The molecule has 0 saturated heterocycles. The van der Waals surface area contributed by atoms with Crippen molar-refractivity contribution in [3.8, 4) is 0 Å². The van der Waals surface area contributed by atoms with Gasteiger partial charge in [-0.2, -0.15) is 0 Å². The Bertz CT molecular complexity index is 895. The quantitative estimate of drug-likeness (QED) is 0.439. The monoisotopic (exact) mass is 486 g/mol. The standard InChI is InChI=1S/C27H35ClN2O2S/c1-3-25(27(32)29-24-7-5-4-6-8-24)30(17-21-13-15-23(28)16-14-21)26(31)19-33-18-22-11-9-20(2)10-12-22/h9-16,24-25H,3-8,17-19H2,1-2H3,(H,29,32)/t25-/m0/s1. The molecule has 1 atom stereocenters. The molecule has 0 radical (unpaired) electrons. The number of nitrogens with zero attached hydrogens (tertiary/aromatic N) is 1. The molecule has 4 nitrogen and oxygen atoms in total. The fourth-order valence-electron chi connectivity index (χ4n) is 4.27. The van der Waals surface area contributed by atoms with Gasteiger partial charge in [0.15, 0.2) is 0 Å². The summed E-state index contributed by atoms with van der Waals surface area (Å²) < 4.78 is 0. The number of hydrogen-bond acceptors (Lipinski definition) is 3. The van der Waals surface area contributed by atoms with Crippen LogP contribution in [0.15, 0.2) is 48.5 Å². The molecule has 1 saturated carbocycles. The van der Waals surface area contributed by atoms with Gasteiger partial charge in [0.2, 0.25) is 11.8 Å². The summed E-state index contributed by atoms with van der Waals surface area (Å²) in [6.45, 7) is 4.45. The molecule has 2 amide bonds. The smallest absolute Gasteiger partial charge is 0.243 e. The molecule has 3 rings (SSSR count). The zero-order valence-corrected chi connectivity index (χ0v) is 21.3. The van der Waals surface area contributed by atoms with E-state index < -0.39 is 6.04 Å². The molecule has 1 aliphatic rings. The number of hydrogen-bond donors (Lipinski definition) is 1. The van der Waals surface area contributed by atoms with Gasteiger partial charge in [0.25, 0.3) is 0 Å². The Morgan fingerprint density at radius 1 is 1.03 bits per heavy atom. The molecule has 0 unspecified atom stereocenters. The Morgan fingerprint density at radius 3 is 2.30 bits per heavy atom. The molecular weight excluding hydrogens is 452 g/mol. The van der Waals surface area contributed by atoms with Gasteiger partial charge in [0.1, 0.15) is 6.04 Å². The van der Waals surface area contributed by atoms with Crippen molar-refractivity contribution < 1.29 is 9.59 Å². The third kappa shape index (κ3) is 8.08. The second-order valence-electron chi connectivity index (χ2n) is 8.89. The minimum absolute atomic E-state index is 0.00675. The van der Waals surface area contributed by atoms with E-state index in [0.29, 0.717) is 23.7 Å². The SMILES string of the molecule is CC[C@@H](C(=O)NC1CCCCC1)N(Cc1ccc(Cl)cc1)C(=O)CSCc1ccc(C)cc1. The molecule has 0 spiro atoms. The number of halogens is 1. The molecular formula is C27H35ClN2O2S. The van der Waals surface area contributed by atoms with Crippen LogP contribution in [0.5, 0.6) is 0 Å². The third-order valence-electron chi connectivity index (χ3n) is 6.22. The summed E-state index contributed by atoms with van der Waals surface area (Å²) in [6.07, 6.45) is 6.19. The molecule has 2 aromatic rings. The lowest BCUT2D eigenvalue weighted by molar-refractivity contribution is -0.139. The summed E-state index contributed by atoms with van der Waals surface area (Å²) >= 11 is 7.64. The van der Waals surface area contributed by atoms with Gasteiger partial charge in [-0.3, -0.25) is 9.59 Å². The predicted molar refractivity (Wildman–Crippen MR) is 138 cm³/mol. The van der Waals surface area contributed by atoms with Crippen molar-refractivity contribution in [1.82, 2.24) is 10.2 Å². The van der Waals surface area contributed by atoms with Crippen LogP contribution in [-0.4, -0.2) is 34.6 Å². The number of thioether (sulfide) groups is 1. The van der Waals surface area contributed by atoms with Crippen LogP contribution >= 0.6 is 23.4 Å². The minimum atomic E-state index is -0.477. The summed E-state index contributed by atoms with van der Waals surface area (Å²) in [5, 5.41) is 3.89. The van der Waals surface area contributed by atoms with Crippen molar-refractivity contribution in [1.29, 1.82) is 0 Å². The van der Waals surface area contributed by atoms with Crippen LogP contribution < -0.4 is 5.32 Å². The van der Waals surface area contributed by atoms with Crippen molar-refractivity contribution in [2.75, 3.05) is 5.75 Å². The maximum Gasteiger partial charge on any atom is 0.243 e. The molecule has 6 heteroatoms. The van der Waals surface area contributed by atoms with Crippen LogP contribution in [0.4, 0.5) is 0 Å². The largest absolute Gasteiger partial charge is 0.352 e. The average molecular weight is 487 g/mol. The van der Waals surface area contributed by atoms with E-state index in [1.165, 1.54) is 17.5 Å². The number of rotatable bonds is 10. The zero-order chi connectivity index (χ0) is 23.6. The van der Waals surface area contributed by atoms with E-state index in [-0.39, 0.29) is 17.9 Å². The van der Waals surface area contributed by atoms with Crippen molar-refractivity contribution in [2.45, 2.75) is 76.8 Å². The second kappa shape index (κ2) is 13.0. The number of amides is 2. The number of carbonyl (C=O) groups is 2. The Balaban J connectivity index is 1.68. The predicted octanol–water partition coefficient (Wildman–Crippen LogP) is 6.14. The highest BCUT2D eigenvalue weighted by molar-refractivity contribution is 7.99. The highest BCUT2D eigenvalue weighted by atomic mass is 35.5. The Labute approximate surface area is 207 Å². The first-order valence-corrected chi connectivity index (χ1v) is 13.5. The van der Waals surface area contributed by atoms with E-state index in [1.54, 1.807) is 16.7 Å². The number of nitrogens with one attached hydrogen (secondary N) is 1. The Morgan fingerprint density at radius 2 is 1.67 bits per heavy atom. The van der Waals surface area contributed by atoms with Gasteiger partial charge in [0, 0.05) is 23.4 Å². The summed E-state index contributed by atoms with van der Waals surface area (Å²) in [6, 6.07) is 15.6. The molecule has 0 heterocycles. The van der Waals surface area contributed by atoms with E-state index in [1.807, 2.05) is 31.2 Å². The van der Waals surface area contributed by atoms with Crippen LogP contribution in [0.2, 0.25) is 5.02 Å². The lowest BCUT2D eigenvalue weighted by atomic mass is 9.95. The van der Waals surface area contributed by atoms with E-state index in [2.05, 4.69) is 36.5 Å². The summed E-state index contributed by atoms with van der Waals surface area (Å²) in [7, 11) is 0. The molecule has 0 aromatic heterocycles. The maximum atomic E-state index is 13.4. The second-order valence-corrected chi connectivity index (χ2v) is 10.3. The molecule has 0 bridgehead atoms. The van der Waals surface area contributed by atoms with Crippen molar-refractivity contribution in [2.24, 2.45) is 0 Å². The van der Waals surface area contributed by atoms with Crippen LogP contribution in [0.25, 0.3) is 0 Å². The molecule has 1 fully saturated rings. The fraction of sp³-hybridized carbons (Fsp3) is 0.481. The van der Waals surface area contributed by atoms with Crippen LogP contribution in [-0.2, 0) is 21.9 Å². The number of benzene rings is 2. The van der Waals surface area contributed by atoms with E-state index in [4.69, 9.17) is 11.6 Å². The number of carbonyl (C=O) groups excluding carboxylic acids is 2. The Hall–Kier alpha value is -1.98. The lowest BCUT2D eigenvalue weighted by Crippen LogP contribution is -2.52. The van der Waals surface area contributed by atoms with Gasteiger partial charge in [-0.05, 0) is 49.4 Å². The van der Waals surface area contributed by atoms with Crippen molar-refractivity contribution in [3.63, 3.8) is 0 Å². The van der Waals surface area contributed by atoms with Gasteiger partial charge in [-0.25, -0.2) is 0 Å². The number of aryl methyl sites for hydroxylation is 1. The summed E-state index contributed by atoms with van der Waals surface area (Å²) in [5.74, 6) is 1.07. The minimum Gasteiger partial charge on any atom is -0.352 e. The molecule has 1 N–H and O–H groups in total. The highest BCUT2D eigenvalue weighted by Gasteiger charge is 2.30. The third-order valence-corrected chi connectivity index (χ3v) is 7.46. The lowest BCUT2D eigenvalue weighted by Gasteiger charge is -2.32. The van der Waals surface area contributed by atoms with E-state index >= 15 is 0 Å². The molecule has 178 valence electrons. The molecule has 1 aliphatic carbocycles. The van der Waals surface area contributed by atoms with Gasteiger partial charge >= 0.3 is 0 Å². The Kier molecular flexibility index (Phi) is 10.1. The normalized spacial score (nSPS) is 15.1. The first-order valence-electron chi connectivity index (χ1n) is 11.9. The van der Waals surface area contributed by atoms with Gasteiger partial charge in [-0.15, -0.1) is 11.8 Å². The van der Waals surface area contributed by atoms with Crippen molar-refractivity contribution in [3.05, 3.63) is 70.2 Å². The fourth-order valence-corrected chi connectivity index (χ4v) is 5.27. The molecule has 2 aromatic carbocycles. The highest BCUT2D eigenvalue weighted by Crippen LogP contribution is 2.21. The van der Waals surface area contributed by atoms with Gasteiger partial charge < -0.3 is 10.2 Å². The molecule has 0 aliphatic heterocycles. The zero-order valence-electron chi connectivity index (χ0n) is 19.7. The maximum absolute atomic E-state index is 13.4. The van der Waals surface area contributed by atoms with Crippen LogP contribution in [0.1, 0.15) is 62.1 Å². The topological polar surface area (TPSA) is 49.4 Å². The average Bonchev–Trinajstić information content (AvgIpc) is 2.82. The van der Waals surface area contributed by atoms with Gasteiger partial charge in [-0.1, -0.05) is 79.7 Å². The van der Waals surface area contributed by atoms with Crippen LogP contribution in [0.3, 0.4) is 0 Å². The first kappa shape index (κ1) is 25.6. The van der Waals surface area contributed by atoms with Gasteiger partial charge in [0.05, 0.1) is 5.75 Å². The summed E-state index contributed by atoms with van der Waals surface area (Å²) in [5.41, 5.74) is 3.40. The molecule has 33 heavy (non-hydrogen) atoms. The van der Waals surface area contributed by atoms with E-state index in [0.717, 1.165) is 37.0 Å². The first-order chi connectivity index (χ1) is 16.0. The van der Waals surface area contributed by atoms with Crippen LogP contribution in [0, 0.1) is 6.92 Å².